The summed E-state index contributed by atoms with van der Waals surface area (Å²) in [5.41, 5.74) is 1.01. The summed E-state index contributed by atoms with van der Waals surface area (Å²) >= 11 is 0. The molecule has 3 heteroatoms. The van der Waals surface area contributed by atoms with Gasteiger partial charge in [-0.2, -0.15) is 0 Å². The molecule has 0 radical (unpaired) electrons. The first-order chi connectivity index (χ1) is 9.16. The highest BCUT2D eigenvalue weighted by atomic mass is 16.2. The minimum atomic E-state index is 0.00785. The second kappa shape index (κ2) is 6.50. The summed E-state index contributed by atoms with van der Waals surface area (Å²) in [6.45, 7) is 1.63. The van der Waals surface area contributed by atoms with Crippen molar-refractivity contribution in [3.63, 3.8) is 0 Å². The molecule has 1 aliphatic rings. The number of carbonyl (C=O) groups excluding carboxylic acids is 2. The molecular formula is C16H21NO2. The fourth-order valence-corrected chi connectivity index (χ4v) is 2.83. The monoisotopic (exact) mass is 259 g/mol. The van der Waals surface area contributed by atoms with Gasteiger partial charge in [0.05, 0.1) is 6.42 Å². The normalized spacial score (nSPS) is 22.8. The molecule has 1 aromatic carbocycles. The van der Waals surface area contributed by atoms with E-state index in [1.165, 1.54) is 0 Å². The van der Waals surface area contributed by atoms with E-state index in [2.05, 4.69) is 5.32 Å². The van der Waals surface area contributed by atoms with Crippen LogP contribution in [0.3, 0.4) is 0 Å². The third-order valence-corrected chi connectivity index (χ3v) is 3.84. The van der Waals surface area contributed by atoms with Gasteiger partial charge in [-0.1, -0.05) is 43.2 Å². The summed E-state index contributed by atoms with van der Waals surface area (Å²) in [6.07, 6.45) is 4.41. The molecule has 1 aliphatic carbocycles. The van der Waals surface area contributed by atoms with Crippen LogP contribution in [0.4, 0.5) is 0 Å². The minimum Gasteiger partial charge on any atom is -0.352 e. The average molecular weight is 259 g/mol. The molecule has 102 valence electrons. The second-order valence-corrected chi connectivity index (χ2v) is 5.34. The highest BCUT2D eigenvalue weighted by Crippen LogP contribution is 2.25. The van der Waals surface area contributed by atoms with Gasteiger partial charge >= 0.3 is 0 Å². The summed E-state index contributed by atoms with van der Waals surface area (Å²) in [5, 5.41) is 3.04. The van der Waals surface area contributed by atoms with Crippen LogP contribution in [0.15, 0.2) is 30.3 Å². The zero-order valence-corrected chi connectivity index (χ0v) is 11.4. The van der Waals surface area contributed by atoms with Crippen LogP contribution in [-0.4, -0.2) is 17.7 Å². The van der Waals surface area contributed by atoms with Gasteiger partial charge in [-0.15, -0.1) is 0 Å². The standard InChI is InChI=1S/C16H21NO2/c1-12(18)14-9-5-6-10-15(14)17-16(19)11-13-7-3-2-4-8-13/h2-4,7-8,14-15H,5-6,9-11H2,1H3,(H,17,19)/t14-,15-/m1/s1. The van der Waals surface area contributed by atoms with Crippen molar-refractivity contribution in [2.75, 3.05) is 0 Å². The van der Waals surface area contributed by atoms with Crippen LogP contribution >= 0.6 is 0 Å². The molecule has 19 heavy (non-hydrogen) atoms. The number of hydrogen-bond donors (Lipinski definition) is 1. The molecule has 1 saturated carbocycles. The van der Waals surface area contributed by atoms with Gasteiger partial charge in [0.2, 0.25) is 5.91 Å². The maximum Gasteiger partial charge on any atom is 0.224 e. The van der Waals surface area contributed by atoms with Crippen molar-refractivity contribution in [3.8, 4) is 0 Å². The number of amides is 1. The number of hydrogen-bond acceptors (Lipinski definition) is 2. The Morgan fingerprint density at radius 3 is 2.53 bits per heavy atom. The molecule has 1 amide bonds. The van der Waals surface area contributed by atoms with Crippen molar-refractivity contribution < 1.29 is 9.59 Å². The van der Waals surface area contributed by atoms with Crippen LogP contribution in [0.25, 0.3) is 0 Å². The molecule has 0 aliphatic heterocycles. The number of carbonyl (C=O) groups is 2. The quantitative estimate of drug-likeness (QED) is 0.903. The van der Waals surface area contributed by atoms with E-state index >= 15 is 0 Å². The van der Waals surface area contributed by atoms with Crippen LogP contribution in [0.2, 0.25) is 0 Å². The Balaban J connectivity index is 1.92. The molecule has 3 nitrogen and oxygen atoms in total. The SMILES string of the molecule is CC(=O)[C@H]1CCCC[C@H]1NC(=O)Cc1ccccc1. The summed E-state index contributed by atoms with van der Waals surface area (Å²) < 4.78 is 0. The average Bonchev–Trinajstić information content (AvgIpc) is 2.40. The first kappa shape index (κ1) is 13.8. The lowest BCUT2D eigenvalue weighted by Gasteiger charge is -2.30. The van der Waals surface area contributed by atoms with Crippen molar-refractivity contribution >= 4 is 11.7 Å². The Morgan fingerprint density at radius 1 is 1.16 bits per heavy atom. The maximum absolute atomic E-state index is 12.0. The first-order valence-corrected chi connectivity index (χ1v) is 7.00. The number of ketones is 1. The fourth-order valence-electron chi connectivity index (χ4n) is 2.83. The molecular weight excluding hydrogens is 238 g/mol. The molecule has 1 aromatic rings. The summed E-state index contributed by atoms with van der Waals surface area (Å²) in [4.78, 5) is 23.6. The largest absolute Gasteiger partial charge is 0.352 e. The van der Waals surface area contributed by atoms with Gasteiger partial charge in [0.15, 0.2) is 0 Å². The van der Waals surface area contributed by atoms with Crippen molar-refractivity contribution in [1.82, 2.24) is 5.32 Å². The van der Waals surface area contributed by atoms with E-state index in [0.717, 1.165) is 31.2 Å². The lowest BCUT2D eigenvalue weighted by molar-refractivity contribution is -0.125. The Hall–Kier alpha value is -1.64. The first-order valence-electron chi connectivity index (χ1n) is 7.00. The van der Waals surface area contributed by atoms with E-state index in [1.54, 1.807) is 6.92 Å². The Labute approximate surface area is 114 Å². The minimum absolute atomic E-state index is 0.00785. The summed E-state index contributed by atoms with van der Waals surface area (Å²) in [6, 6.07) is 9.73. The second-order valence-electron chi connectivity index (χ2n) is 5.34. The molecule has 2 atom stereocenters. The summed E-state index contributed by atoms with van der Waals surface area (Å²) in [7, 11) is 0. The van der Waals surface area contributed by atoms with E-state index < -0.39 is 0 Å². The van der Waals surface area contributed by atoms with Gasteiger partial charge in [-0.05, 0) is 25.3 Å². The zero-order valence-electron chi connectivity index (χ0n) is 11.4. The molecule has 2 rings (SSSR count). The number of Topliss-reactive ketones (excluding diaryl/α,β-unsaturated/α-hetero) is 1. The van der Waals surface area contributed by atoms with E-state index in [-0.39, 0.29) is 23.7 Å². The van der Waals surface area contributed by atoms with E-state index in [4.69, 9.17) is 0 Å². The predicted octanol–water partition coefficient (Wildman–Crippen LogP) is 2.49. The molecule has 1 fully saturated rings. The van der Waals surface area contributed by atoms with E-state index in [9.17, 15) is 9.59 Å². The molecule has 0 bridgehead atoms. The van der Waals surface area contributed by atoms with Crippen LogP contribution < -0.4 is 5.32 Å². The van der Waals surface area contributed by atoms with Gasteiger partial charge in [0.25, 0.3) is 0 Å². The molecule has 0 unspecified atom stereocenters. The highest BCUT2D eigenvalue weighted by Gasteiger charge is 2.29. The zero-order chi connectivity index (χ0) is 13.7. The van der Waals surface area contributed by atoms with Crippen LogP contribution in [0.1, 0.15) is 38.2 Å². The van der Waals surface area contributed by atoms with Crippen molar-refractivity contribution in [2.45, 2.75) is 45.1 Å². The van der Waals surface area contributed by atoms with Crippen molar-refractivity contribution in [3.05, 3.63) is 35.9 Å². The third kappa shape index (κ3) is 3.91. The maximum atomic E-state index is 12.0. The molecule has 0 spiro atoms. The molecule has 0 heterocycles. The fraction of sp³-hybridized carbons (Fsp3) is 0.500. The molecule has 1 N–H and O–H groups in total. The van der Waals surface area contributed by atoms with Gasteiger partial charge < -0.3 is 5.32 Å². The Bertz CT molecular complexity index is 441. The number of rotatable bonds is 4. The number of nitrogens with one attached hydrogen (secondary N) is 1. The lowest BCUT2D eigenvalue weighted by atomic mass is 9.82. The van der Waals surface area contributed by atoms with Crippen LogP contribution in [0.5, 0.6) is 0 Å². The topological polar surface area (TPSA) is 46.2 Å². The summed E-state index contributed by atoms with van der Waals surface area (Å²) in [5.74, 6) is 0.225. The van der Waals surface area contributed by atoms with Crippen LogP contribution in [-0.2, 0) is 16.0 Å². The highest BCUT2D eigenvalue weighted by molar-refractivity contribution is 5.82. The Morgan fingerprint density at radius 2 is 1.84 bits per heavy atom. The smallest absolute Gasteiger partial charge is 0.224 e. The third-order valence-electron chi connectivity index (χ3n) is 3.84. The van der Waals surface area contributed by atoms with Gasteiger partial charge in [0.1, 0.15) is 5.78 Å². The van der Waals surface area contributed by atoms with Crippen molar-refractivity contribution in [2.24, 2.45) is 5.92 Å². The Kier molecular flexibility index (Phi) is 4.72. The van der Waals surface area contributed by atoms with E-state index in [0.29, 0.717) is 6.42 Å². The molecule has 0 aromatic heterocycles. The number of benzene rings is 1. The van der Waals surface area contributed by atoms with Crippen LogP contribution in [0, 0.1) is 5.92 Å². The lowest BCUT2D eigenvalue weighted by Crippen LogP contribution is -2.45. The van der Waals surface area contributed by atoms with Gasteiger partial charge in [-0.25, -0.2) is 0 Å². The van der Waals surface area contributed by atoms with Crippen molar-refractivity contribution in [1.29, 1.82) is 0 Å². The van der Waals surface area contributed by atoms with E-state index in [1.807, 2.05) is 30.3 Å². The van der Waals surface area contributed by atoms with Gasteiger partial charge in [0, 0.05) is 12.0 Å². The predicted molar refractivity (Wildman–Crippen MR) is 74.7 cm³/mol. The molecule has 0 saturated heterocycles. The van der Waals surface area contributed by atoms with Gasteiger partial charge in [-0.3, -0.25) is 9.59 Å².